The Morgan fingerprint density at radius 2 is 1.56 bits per heavy atom. The number of allylic oxidation sites excluding steroid dienone is 1. The Morgan fingerprint density at radius 1 is 0.846 bits per heavy atom. The van der Waals surface area contributed by atoms with E-state index in [0.29, 0.717) is 23.3 Å². The molecule has 0 atom stereocenters. The first-order valence-corrected chi connectivity index (χ1v) is 13.8. The molecule has 1 amide bonds. The highest BCUT2D eigenvalue weighted by Gasteiger charge is 2.21. The lowest BCUT2D eigenvalue weighted by Crippen LogP contribution is -2.14. The number of carboxylic acids is 1. The summed E-state index contributed by atoms with van der Waals surface area (Å²) in [6, 6.07) is 29.0. The fraction of sp³-hybridized carbons (Fsp3) is 0.257. The predicted octanol–water partition coefficient (Wildman–Crippen LogP) is 8.80. The molecule has 4 nitrogen and oxygen atoms in total. The first kappa shape index (κ1) is 26.4. The van der Waals surface area contributed by atoms with Gasteiger partial charge in [0.05, 0.1) is 0 Å². The van der Waals surface area contributed by atoms with Crippen LogP contribution in [-0.4, -0.2) is 17.0 Å². The zero-order valence-corrected chi connectivity index (χ0v) is 22.6. The molecule has 1 saturated carbocycles. The Balaban J connectivity index is 1.31. The molecule has 0 bridgehead atoms. The number of carboxylic acid groups (broad SMARTS) is 1. The summed E-state index contributed by atoms with van der Waals surface area (Å²) in [6.07, 6.45) is 7.35. The summed E-state index contributed by atoms with van der Waals surface area (Å²) in [5.41, 5.74) is 6.28. The van der Waals surface area contributed by atoms with Crippen molar-refractivity contribution in [3.63, 3.8) is 0 Å². The fourth-order valence-electron chi connectivity index (χ4n) is 5.78. The van der Waals surface area contributed by atoms with Crippen LogP contribution < -0.4 is 5.32 Å². The Labute approximate surface area is 230 Å². The monoisotopic (exact) mass is 517 g/mol. The molecule has 5 rings (SSSR count). The van der Waals surface area contributed by atoms with Gasteiger partial charge in [0.15, 0.2) is 0 Å². The summed E-state index contributed by atoms with van der Waals surface area (Å²) >= 11 is 0. The Kier molecular flexibility index (Phi) is 7.92. The number of fused-ring (bicyclic) bond motifs is 1. The summed E-state index contributed by atoms with van der Waals surface area (Å²) in [4.78, 5) is 24.1. The normalized spacial score (nSPS) is 17.5. The molecule has 0 radical (unpaired) electrons. The second-order valence-electron chi connectivity index (χ2n) is 10.9. The van der Waals surface area contributed by atoms with Crippen LogP contribution in [0.15, 0.2) is 97.1 Å². The molecule has 4 aromatic rings. The maximum absolute atomic E-state index is 13.3. The van der Waals surface area contributed by atoms with Crippen LogP contribution in [-0.2, 0) is 4.79 Å². The van der Waals surface area contributed by atoms with E-state index in [0.717, 1.165) is 58.8 Å². The SMILES string of the molecule is CC(C)c1ccccc1NC(=O)c1cccc2cc(-c3ccc(C4CCC(C=CC(=O)O)CC4)cc3)ccc12. The minimum atomic E-state index is -0.867. The third kappa shape index (κ3) is 6.12. The smallest absolute Gasteiger partial charge is 0.327 e. The van der Waals surface area contributed by atoms with Crippen molar-refractivity contribution in [3.05, 3.63) is 114 Å². The van der Waals surface area contributed by atoms with E-state index < -0.39 is 5.97 Å². The number of hydrogen-bond acceptors (Lipinski definition) is 2. The van der Waals surface area contributed by atoms with Crippen LogP contribution in [0.5, 0.6) is 0 Å². The summed E-state index contributed by atoms with van der Waals surface area (Å²) in [6.45, 7) is 4.26. The van der Waals surface area contributed by atoms with Crippen LogP contribution in [0.3, 0.4) is 0 Å². The van der Waals surface area contributed by atoms with Crippen LogP contribution in [0, 0.1) is 5.92 Å². The largest absolute Gasteiger partial charge is 0.478 e. The van der Waals surface area contributed by atoms with Gasteiger partial charge in [0.1, 0.15) is 0 Å². The first-order valence-electron chi connectivity index (χ1n) is 13.8. The van der Waals surface area contributed by atoms with Crippen LogP contribution in [0.2, 0.25) is 0 Å². The van der Waals surface area contributed by atoms with E-state index in [1.54, 1.807) is 0 Å². The van der Waals surface area contributed by atoms with Crippen molar-refractivity contribution < 1.29 is 14.7 Å². The van der Waals surface area contributed by atoms with Gasteiger partial charge in [0, 0.05) is 17.3 Å². The van der Waals surface area contributed by atoms with E-state index in [-0.39, 0.29) is 5.91 Å². The highest BCUT2D eigenvalue weighted by molar-refractivity contribution is 6.13. The zero-order valence-electron chi connectivity index (χ0n) is 22.6. The second kappa shape index (κ2) is 11.7. The number of aliphatic carboxylic acids is 1. The standard InChI is InChI=1S/C35H35NO3/c1-23(2)30-7-3-4-9-33(30)36-35(39)32-8-5-6-29-22-28(19-20-31(29)32)27-17-15-26(16-18-27)25-13-10-24(11-14-25)12-21-34(37)38/h3-9,12,15-25H,10-11,13-14H2,1-2H3,(H,36,39)(H,37,38). The Bertz CT molecular complexity index is 1510. The number of hydrogen-bond donors (Lipinski definition) is 2. The van der Waals surface area contributed by atoms with Crippen LogP contribution in [0.25, 0.3) is 21.9 Å². The number of benzene rings is 4. The van der Waals surface area contributed by atoms with Gasteiger partial charge in [0.2, 0.25) is 0 Å². The third-order valence-corrected chi connectivity index (χ3v) is 7.95. The predicted molar refractivity (Wildman–Crippen MR) is 159 cm³/mol. The molecule has 0 spiro atoms. The topological polar surface area (TPSA) is 66.4 Å². The van der Waals surface area contributed by atoms with Gasteiger partial charge in [-0.3, -0.25) is 4.79 Å². The lowest BCUT2D eigenvalue weighted by molar-refractivity contribution is -0.131. The maximum atomic E-state index is 13.3. The van der Waals surface area contributed by atoms with Crippen molar-refractivity contribution >= 4 is 28.3 Å². The first-order chi connectivity index (χ1) is 18.9. The molecule has 1 aliphatic carbocycles. The van der Waals surface area contributed by atoms with E-state index >= 15 is 0 Å². The van der Waals surface area contributed by atoms with Crippen molar-refractivity contribution in [3.8, 4) is 11.1 Å². The average Bonchev–Trinajstić information content (AvgIpc) is 2.96. The molecule has 0 aromatic heterocycles. The van der Waals surface area contributed by atoms with Gasteiger partial charge in [-0.1, -0.05) is 86.7 Å². The average molecular weight is 518 g/mol. The van der Waals surface area contributed by atoms with Crippen LogP contribution in [0.1, 0.15) is 72.9 Å². The molecule has 4 aromatic carbocycles. The van der Waals surface area contributed by atoms with E-state index in [2.05, 4.69) is 67.7 Å². The third-order valence-electron chi connectivity index (χ3n) is 7.95. The lowest BCUT2D eigenvalue weighted by atomic mass is 9.78. The number of anilines is 1. The van der Waals surface area contributed by atoms with Gasteiger partial charge >= 0.3 is 5.97 Å². The Hall–Kier alpha value is -4.18. The summed E-state index contributed by atoms with van der Waals surface area (Å²) < 4.78 is 0. The van der Waals surface area contributed by atoms with Gasteiger partial charge < -0.3 is 10.4 Å². The molecule has 4 heteroatoms. The maximum Gasteiger partial charge on any atom is 0.327 e. The van der Waals surface area contributed by atoms with Crippen LogP contribution >= 0.6 is 0 Å². The van der Waals surface area contributed by atoms with Crippen molar-refractivity contribution in [2.45, 2.75) is 51.4 Å². The van der Waals surface area contributed by atoms with E-state index in [1.165, 1.54) is 11.6 Å². The van der Waals surface area contributed by atoms with E-state index in [9.17, 15) is 9.59 Å². The summed E-state index contributed by atoms with van der Waals surface area (Å²) in [7, 11) is 0. The van der Waals surface area contributed by atoms with Crippen molar-refractivity contribution in [2.24, 2.45) is 5.92 Å². The molecule has 0 saturated heterocycles. The molecule has 0 aliphatic heterocycles. The van der Waals surface area contributed by atoms with Crippen LogP contribution in [0.4, 0.5) is 5.69 Å². The molecule has 0 heterocycles. The number of para-hydroxylation sites is 1. The molecule has 1 aliphatic rings. The minimum absolute atomic E-state index is 0.0982. The zero-order chi connectivity index (χ0) is 27.4. The van der Waals surface area contributed by atoms with Gasteiger partial charge in [-0.25, -0.2) is 4.79 Å². The molecule has 39 heavy (non-hydrogen) atoms. The van der Waals surface area contributed by atoms with Crippen molar-refractivity contribution in [1.29, 1.82) is 0 Å². The second-order valence-corrected chi connectivity index (χ2v) is 10.9. The molecule has 1 fully saturated rings. The quantitative estimate of drug-likeness (QED) is 0.241. The van der Waals surface area contributed by atoms with Gasteiger partial charge in [-0.15, -0.1) is 0 Å². The Morgan fingerprint density at radius 3 is 2.28 bits per heavy atom. The number of carbonyl (C=O) groups is 2. The highest BCUT2D eigenvalue weighted by Crippen LogP contribution is 2.37. The van der Waals surface area contributed by atoms with Gasteiger partial charge in [-0.2, -0.15) is 0 Å². The summed E-state index contributed by atoms with van der Waals surface area (Å²) in [5.74, 6) is 0.240. The number of amides is 1. The number of carbonyl (C=O) groups excluding carboxylic acids is 1. The molecule has 198 valence electrons. The van der Waals surface area contributed by atoms with Crippen molar-refractivity contribution in [2.75, 3.05) is 5.32 Å². The highest BCUT2D eigenvalue weighted by atomic mass is 16.4. The minimum Gasteiger partial charge on any atom is -0.478 e. The van der Waals surface area contributed by atoms with E-state index in [1.807, 2.05) is 42.5 Å². The number of nitrogens with one attached hydrogen (secondary N) is 1. The number of rotatable bonds is 7. The van der Waals surface area contributed by atoms with Gasteiger partial charge in [0.25, 0.3) is 5.91 Å². The van der Waals surface area contributed by atoms with Gasteiger partial charge in [-0.05, 0) is 94.7 Å². The molecular weight excluding hydrogens is 482 g/mol. The molecule has 2 N–H and O–H groups in total. The molecular formula is C35H35NO3. The lowest BCUT2D eigenvalue weighted by Gasteiger charge is -2.27. The fourth-order valence-corrected chi connectivity index (χ4v) is 5.78. The van der Waals surface area contributed by atoms with Crippen molar-refractivity contribution in [1.82, 2.24) is 0 Å². The summed E-state index contributed by atoms with van der Waals surface area (Å²) in [5, 5.41) is 14.0. The van der Waals surface area contributed by atoms with E-state index in [4.69, 9.17) is 5.11 Å². The molecule has 0 unspecified atom stereocenters.